The van der Waals surface area contributed by atoms with Crippen LogP contribution in [0.25, 0.3) is 0 Å². The molecule has 6 heteroatoms. The minimum atomic E-state index is -3.39. The Balaban J connectivity index is 1.77. The van der Waals surface area contributed by atoms with E-state index < -0.39 is 10.0 Å². The van der Waals surface area contributed by atoms with Crippen molar-refractivity contribution in [3.8, 4) is 0 Å². The lowest BCUT2D eigenvalue weighted by molar-refractivity contribution is -0.00259. The smallest absolute Gasteiger partial charge is 0.218 e. The lowest BCUT2D eigenvalue weighted by Gasteiger charge is -2.32. The fraction of sp³-hybridized carbons (Fsp3) is 0.333. The topological polar surface area (TPSA) is 46.6 Å². The van der Waals surface area contributed by atoms with Crippen LogP contribution >= 0.6 is 11.6 Å². The molecule has 0 aliphatic carbocycles. The zero-order chi connectivity index (χ0) is 17.2. The number of rotatable bonds is 4. The van der Waals surface area contributed by atoms with Crippen molar-refractivity contribution in [3.05, 3.63) is 70.2 Å². The van der Waals surface area contributed by atoms with Crippen LogP contribution in [0.1, 0.15) is 22.8 Å². The van der Waals surface area contributed by atoms with Gasteiger partial charge in [0.2, 0.25) is 10.0 Å². The lowest BCUT2D eigenvalue weighted by atomic mass is 10.1. The summed E-state index contributed by atoms with van der Waals surface area (Å²) in [5.74, 6) is 0.0158. The van der Waals surface area contributed by atoms with Gasteiger partial charge in [0.1, 0.15) is 0 Å². The Bertz CT molecular complexity index is 823. The van der Waals surface area contributed by atoms with Gasteiger partial charge in [-0.2, -0.15) is 4.31 Å². The predicted octanol–water partition coefficient (Wildman–Crippen LogP) is 3.55. The largest absolute Gasteiger partial charge is 0.371 e. The molecule has 0 radical (unpaired) electrons. The second kappa shape index (κ2) is 7.23. The molecule has 24 heavy (non-hydrogen) atoms. The number of nitrogens with zero attached hydrogens (tertiary/aromatic N) is 1. The summed E-state index contributed by atoms with van der Waals surface area (Å²) in [7, 11) is -3.39. The maximum absolute atomic E-state index is 12.8. The third kappa shape index (κ3) is 3.98. The molecule has 1 unspecified atom stereocenters. The molecule has 0 N–H and O–H groups in total. The normalized spacial score (nSPS) is 19.3. The van der Waals surface area contributed by atoms with Gasteiger partial charge in [-0.05, 0) is 35.7 Å². The van der Waals surface area contributed by atoms with Gasteiger partial charge in [0.25, 0.3) is 0 Å². The number of benzene rings is 2. The van der Waals surface area contributed by atoms with Crippen molar-refractivity contribution in [2.45, 2.75) is 18.8 Å². The lowest BCUT2D eigenvalue weighted by Crippen LogP contribution is -2.42. The van der Waals surface area contributed by atoms with E-state index in [2.05, 4.69) is 0 Å². The van der Waals surface area contributed by atoms with Gasteiger partial charge in [-0.1, -0.05) is 48.0 Å². The van der Waals surface area contributed by atoms with E-state index in [1.54, 1.807) is 6.07 Å². The Hall–Kier alpha value is -1.40. The molecule has 1 aliphatic heterocycles. The van der Waals surface area contributed by atoms with E-state index in [1.165, 1.54) is 4.31 Å². The minimum absolute atomic E-state index is 0.0158. The first kappa shape index (κ1) is 17.4. The van der Waals surface area contributed by atoms with Crippen LogP contribution in [0.2, 0.25) is 5.02 Å². The molecule has 0 aromatic heterocycles. The Morgan fingerprint density at radius 2 is 2.00 bits per heavy atom. The van der Waals surface area contributed by atoms with Crippen LogP contribution in [0.3, 0.4) is 0 Å². The number of aryl methyl sites for hydroxylation is 1. The maximum Gasteiger partial charge on any atom is 0.218 e. The van der Waals surface area contributed by atoms with E-state index in [0.29, 0.717) is 24.7 Å². The summed E-state index contributed by atoms with van der Waals surface area (Å²) in [4.78, 5) is 0. The van der Waals surface area contributed by atoms with E-state index >= 15 is 0 Å². The molecule has 128 valence electrons. The number of ether oxygens (including phenoxy) is 1. The van der Waals surface area contributed by atoms with Gasteiger partial charge in [-0.25, -0.2) is 8.42 Å². The molecule has 3 rings (SSSR count). The molecule has 1 aliphatic rings. The molecule has 1 atom stereocenters. The van der Waals surface area contributed by atoms with Crippen molar-refractivity contribution >= 4 is 21.6 Å². The van der Waals surface area contributed by atoms with Crippen LogP contribution < -0.4 is 0 Å². The van der Waals surface area contributed by atoms with Crippen molar-refractivity contribution in [2.24, 2.45) is 0 Å². The summed E-state index contributed by atoms with van der Waals surface area (Å²) in [6.45, 7) is 3.00. The summed E-state index contributed by atoms with van der Waals surface area (Å²) in [6, 6.07) is 14.9. The third-order valence-electron chi connectivity index (χ3n) is 4.24. The molecule has 2 aromatic rings. The van der Waals surface area contributed by atoms with E-state index in [4.69, 9.17) is 16.3 Å². The second-order valence-corrected chi connectivity index (χ2v) is 8.36. The summed E-state index contributed by atoms with van der Waals surface area (Å²) >= 11 is 6.03. The van der Waals surface area contributed by atoms with Crippen LogP contribution in [-0.2, 0) is 20.5 Å². The predicted molar refractivity (Wildman–Crippen MR) is 95.5 cm³/mol. The Labute approximate surface area is 148 Å². The SMILES string of the molecule is Cc1ccccc1CS(=O)(=O)N1CCOC(c2cccc(Cl)c2)C1. The molecule has 2 aromatic carbocycles. The van der Waals surface area contributed by atoms with E-state index in [-0.39, 0.29) is 11.9 Å². The van der Waals surface area contributed by atoms with Crippen LogP contribution in [0.15, 0.2) is 48.5 Å². The van der Waals surface area contributed by atoms with E-state index in [0.717, 1.165) is 16.7 Å². The van der Waals surface area contributed by atoms with Gasteiger partial charge in [-0.15, -0.1) is 0 Å². The summed E-state index contributed by atoms with van der Waals surface area (Å²) < 4.78 is 32.9. The van der Waals surface area contributed by atoms with E-state index in [1.807, 2.05) is 49.4 Å². The molecular weight excluding hydrogens is 346 g/mol. The number of hydrogen-bond acceptors (Lipinski definition) is 3. The Kier molecular flexibility index (Phi) is 5.25. The van der Waals surface area contributed by atoms with Crippen LogP contribution in [0, 0.1) is 6.92 Å². The highest BCUT2D eigenvalue weighted by molar-refractivity contribution is 7.88. The van der Waals surface area contributed by atoms with Crippen LogP contribution in [0.4, 0.5) is 0 Å². The Morgan fingerprint density at radius 3 is 2.75 bits per heavy atom. The molecule has 1 saturated heterocycles. The number of halogens is 1. The highest BCUT2D eigenvalue weighted by atomic mass is 35.5. The highest BCUT2D eigenvalue weighted by Gasteiger charge is 2.30. The number of morpholine rings is 1. The van der Waals surface area contributed by atoms with Crippen LogP contribution in [-0.4, -0.2) is 32.4 Å². The van der Waals surface area contributed by atoms with Gasteiger partial charge >= 0.3 is 0 Å². The molecule has 0 amide bonds. The molecular formula is C18H20ClNO3S. The van der Waals surface area contributed by atoms with Gasteiger partial charge in [0.15, 0.2) is 0 Å². The molecule has 0 saturated carbocycles. The Morgan fingerprint density at radius 1 is 1.21 bits per heavy atom. The quantitative estimate of drug-likeness (QED) is 0.832. The molecule has 1 fully saturated rings. The summed E-state index contributed by atoms with van der Waals surface area (Å²) in [6.07, 6.45) is -0.288. The molecule has 4 nitrogen and oxygen atoms in total. The molecule has 1 heterocycles. The standard InChI is InChI=1S/C18H20ClNO3S/c1-14-5-2-3-6-16(14)13-24(21,22)20-9-10-23-18(12-20)15-7-4-8-17(19)11-15/h2-8,11,18H,9-10,12-13H2,1H3. The molecule has 0 bridgehead atoms. The van der Waals surface area contributed by atoms with Gasteiger partial charge in [0.05, 0.1) is 18.5 Å². The minimum Gasteiger partial charge on any atom is -0.371 e. The highest BCUT2D eigenvalue weighted by Crippen LogP contribution is 2.27. The average Bonchev–Trinajstić information content (AvgIpc) is 2.57. The zero-order valence-electron chi connectivity index (χ0n) is 13.5. The van der Waals surface area contributed by atoms with Gasteiger partial charge in [-0.3, -0.25) is 0 Å². The maximum atomic E-state index is 12.8. The molecule has 0 spiro atoms. The third-order valence-corrected chi connectivity index (χ3v) is 6.27. The van der Waals surface area contributed by atoms with Crippen molar-refractivity contribution < 1.29 is 13.2 Å². The van der Waals surface area contributed by atoms with Crippen LogP contribution in [0.5, 0.6) is 0 Å². The first-order valence-corrected chi connectivity index (χ1v) is 9.84. The number of hydrogen-bond donors (Lipinski definition) is 0. The summed E-state index contributed by atoms with van der Waals surface area (Å²) in [5, 5.41) is 0.621. The summed E-state index contributed by atoms with van der Waals surface area (Å²) in [5.41, 5.74) is 2.72. The fourth-order valence-electron chi connectivity index (χ4n) is 2.85. The fourth-order valence-corrected chi connectivity index (χ4v) is 4.66. The first-order chi connectivity index (χ1) is 11.5. The number of sulfonamides is 1. The van der Waals surface area contributed by atoms with Gasteiger partial charge in [0, 0.05) is 18.1 Å². The monoisotopic (exact) mass is 365 g/mol. The van der Waals surface area contributed by atoms with Crippen molar-refractivity contribution in [1.82, 2.24) is 4.31 Å². The average molecular weight is 366 g/mol. The van der Waals surface area contributed by atoms with Crippen molar-refractivity contribution in [3.63, 3.8) is 0 Å². The first-order valence-electron chi connectivity index (χ1n) is 7.85. The zero-order valence-corrected chi connectivity index (χ0v) is 15.1. The van der Waals surface area contributed by atoms with E-state index in [9.17, 15) is 8.42 Å². The second-order valence-electron chi connectivity index (χ2n) is 5.96. The van der Waals surface area contributed by atoms with Gasteiger partial charge < -0.3 is 4.74 Å². The van der Waals surface area contributed by atoms with Crippen molar-refractivity contribution in [2.75, 3.05) is 19.7 Å². The van der Waals surface area contributed by atoms with Crippen molar-refractivity contribution in [1.29, 1.82) is 0 Å².